The highest BCUT2D eigenvalue weighted by atomic mass is 35.5. The number of rotatable bonds is 4. The van der Waals surface area contributed by atoms with E-state index in [1.807, 2.05) is 0 Å². The Balaban J connectivity index is 3.19. The number of hydrogen-bond donors (Lipinski definition) is 3. The summed E-state index contributed by atoms with van der Waals surface area (Å²) in [5.74, 6) is 0. The number of nitrogen functional groups attached to an aromatic ring is 1. The molecule has 0 atom stereocenters. The largest absolute Gasteiger partial charge is 0.396 e. The van der Waals surface area contributed by atoms with Crippen LogP contribution in [0.4, 0.5) is 5.69 Å². The molecule has 0 amide bonds. The van der Waals surface area contributed by atoms with E-state index in [2.05, 4.69) is 4.72 Å². The van der Waals surface area contributed by atoms with Crippen molar-refractivity contribution < 1.29 is 13.5 Å². The third-order valence-corrected chi connectivity index (χ3v) is 4.14. The summed E-state index contributed by atoms with van der Waals surface area (Å²) in [6.07, 6.45) is 0. The number of anilines is 1. The van der Waals surface area contributed by atoms with Gasteiger partial charge >= 0.3 is 0 Å². The minimum Gasteiger partial charge on any atom is -0.396 e. The molecule has 0 aliphatic rings. The molecule has 90 valence electrons. The van der Waals surface area contributed by atoms with Crippen LogP contribution in [0.5, 0.6) is 0 Å². The van der Waals surface area contributed by atoms with Crippen LogP contribution < -0.4 is 10.5 Å². The molecule has 0 saturated carbocycles. The Labute approximate surface area is 103 Å². The summed E-state index contributed by atoms with van der Waals surface area (Å²) in [5.41, 5.74) is 5.51. The van der Waals surface area contributed by atoms with E-state index in [-0.39, 0.29) is 33.8 Å². The van der Waals surface area contributed by atoms with Crippen LogP contribution in [-0.2, 0) is 10.0 Å². The van der Waals surface area contributed by atoms with E-state index in [0.29, 0.717) is 0 Å². The number of sulfonamides is 1. The third-order valence-electron chi connectivity index (χ3n) is 1.78. The summed E-state index contributed by atoms with van der Waals surface area (Å²) in [6.45, 7) is -0.402. The number of benzene rings is 1. The van der Waals surface area contributed by atoms with E-state index >= 15 is 0 Å². The maximum Gasteiger partial charge on any atom is 0.242 e. The molecule has 0 aliphatic heterocycles. The first kappa shape index (κ1) is 13.5. The second-order valence-corrected chi connectivity index (χ2v) is 5.42. The predicted molar refractivity (Wildman–Crippen MR) is 63.1 cm³/mol. The molecule has 8 heteroatoms. The molecule has 0 spiro atoms. The quantitative estimate of drug-likeness (QED) is 0.715. The molecule has 0 aliphatic carbocycles. The van der Waals surface area contributed by atoms with Gasteiger partial charge in [0.2, 0.25) is 10.0 Å². The van der Waals surface area contributed by atoms with Gasteiger partial charge in [0.1, 0.15) is 4.90 Å². The zero-order valence-corrected chi connectivity index (χ0v) is 10.4. The molecule has 0 unspecified atom stereocenters. The van der Waals surface area contributed by atoms with Crippen molar-refractivity contribution in [3.8, 4) is 0 Å². The average Bonchev–Trinajstić information content (AvgIpc) is 2.23. The summed E-state index contributed by atoms with van der Waals surface area (Å²) in [5, 5.41) is 8.60. The monoisotopic (exact) mass is 284 g/mol. The van der Waals surface area contributed by atoms with Gasteiger partial charge in [0.25, 0.3) is 0 Å². The summed E-state index contributed by atoms with van der Waals surface area (Å²) in [4.78, 5) is -0.162. The maximum atomic E-state index is 11.7. The lowest BCUT2D eigenvalue weighted by atomic mass is 10.3. The van der Waals surface area contributed by atoms with E-state index in [1.165, 1.54) is 12.1 Å². The van der Waals surface area contributed by atoms with Gasteiger partial charge in [-0.3, -0.25) is 0 Å². The number of nitrogens with one attached hydrogen (secondary N) is 1. The van der Waals surface area contributed by atoms with Crippen LogP contribution in [0.25, 0.3) is 0 Å². The van der Waals surface area contributed by atoms with Crippen molar-refractivity contribution >= 4 is 38.9 Å². The van der Waals surface area contributed by atoms with Gasteiger partial charge in [-0.15, -0.1) is 0 Å². The van der Waals surface area contributed by atoms with Gasteiger partial charge in [0.15, 0.2) is 0 Å². The van der Waals surface area contributed by atoms with E-state index in [1.54, 1.807) is 0 Å². The van der Waals surface area contributed by atoms with Crippen molar-refractivity contribution in [2.45, 2.75) is 4.90 Å². The molecular formula is C8H10Cl2N2O3S. The van der Waals surface area contributed by atoms with Crippen LogP contribution >= 0.6 is 23.2 Å². The number of hydrogen-bond acceptors (Lipinski definition) is 4. The summed E-state index contributed by atoms with van der Waals surface area (Å²) >= 11 is 11.4. The first-order valence-corrected chi connectivity index (χ1v) is 6.48. The zero-order chi connectivity index (χ0) is 12.3. The highest BCUT2D eigenvalue weighted by molar-refractivity contribution is 7.89. The predicted octanol–water partition coefficient (Wildman–Crippen LogP) is 0.846. The van der Waals surface area contributed by atoms with Crippen LogP contribution in [0.1, 0.15) is 0 Å². The van der Waals surface area contributed by atoms with Gasteiger partial charge in [-0.1, -0.05) is 23.2 Å². The SMILES string of the molecule is Nc1c(Cl)ccc(S(=O)(=O)NCCO)c1Cl. The lowest BCUT2D eigenvalue weighted by molar-refractivity contribution is 0.301. The Morgan fingerprint density at radius 2 is 2.00 bits per heavy atom. The highest BCUT2D eigenvalue weighted by Crippen LogP contribution is 2.32. The van der Waals surface area contributed by atoms with E-state index in [0.717, 1.165) is 0 Å². The maximum absolute atomic E-state index is 11.7. The molecule has 0 fully saturated rings. The van der Waals surface area contributed by atoms with Gasteiger partial charge in [0, 0.05) is 6.54 Å². The Hall–Kier alpha value is -0.530. The molecule has 1 aromatic rings. The molecule has 4 N–H and O–H groups in total. The van der Waals surface area contributed by atoms with Crippen LogP contribution in [0.3, 0.4) is 0 Å². The number of aliphatic hydroxyl groups excluding tert-OH is 1. The fourth-order valence-electron chi connectivity index (χ4n) is 1.01. The summed E-state index contributed by atoms with van der Waals surface area (Å²) in [7, 11) is -3.77. The zero-order valence-electron chi connectivity index (χ0n) is 8.07. The Morgan fingerprint density at radius 1 is 1.38 bits per heavy atom. The van der Waals surface area contributed by atoms with Crippen molar-refractivity contribution in [3.05, 3.63) is 22.2 Å². The summed E-state index contributed by atoms with van der Waals surface area (Å²) in [6, 6.07) is 2.59. The molecule has 0 saturated heterocycles. The minimum absolute atomic E-state index is 0.00945. The lowest BCUT2D eigenvalue weighted by Crippen LogP contribution is -2.27. The second-order valence-electron chi connectivity index (χ2n) is 2.89. The van der Waals surface area contributed by atoms with Crippen LogP contribution in [0.15, 0.2) is 17.0 Å². The minimum atomic E-state index is -3.77. The van der Waals surface area contributed by atoms with E-state index < -0.39 is 10.0 Å². The van der Waals surface area contributed by atoms with E-state index in [4.69, 9.17) is 34.0 Å². The molecule has 0 heterocycles. The smallest absolute Gasteiger partial charge is 0.242 e. The number of aliphatic hydroxyl groups is 1. The number of nitrogens with two attached hydrogens (primary N) is 1. The Kier molecular flexibility index (Phi) is 4.40. The highest BCUT2D eigenvalue weighted by Gasteiger charge is 2.19. The molecular weight excluding hydrogens is 275 g/mol. The van der Waals surface area contributed by atoms with Gasteiger partial charge < -0.3 is 10.8 Å². The molecule has 0 bridgehead atoms. The molecule has 0 aromatic heterocycles. The standard InChI is InChI=1S/C8H10Cl2N2O3S/c9-5-1-2-6(7(10)8(5)11)16(14,15)12-3-4-13/h1-2,12-13H,3-4,11H2. The van der Waals surface area contributed by atoms with Gasteiger partial charge in [0.05, 0.1) is 22.3 Å². The van der Waals surface area contributed by atoms with Crippen LogP contribution in [0.2, 0.25) is 10.0 Å². The normalized spacial score (nSPS) is 11.7. The molecule has 1 aromatic carbocycles. The third kappa shape index (κ3) is 2.78. The van der Waals surface area contributed by atoms with Crippen LogP contribution in [0, 0.1) is 0 Å². The molecule has 16 heavy (non-hydrogen) atoms. The number of halogens is 2. The van der Waals surface area contributed by atoms with Gasteiger partial charge in [-0.2, -0.15) is 0 Å². The first-order valence-electron chi connectivity index (χ1n) is 4.24. The first-order chi connectivity index (χ1) is 7.40. The molecule has 5 nitrogen and oxygen atoms in total. The van der Waals surface area contributed by atoms with Crippen LogP contribution in [-0.4, -0.2) is 26.7 Å². The lowest BCUT2D eigenvalue weighted by Gasteiger charge is -2.09. The van der Waals surface area contributed by atoms with Crippen molar-refractivity contribution in [2.75, 3.05) is 18.9 Å². The van der Waals surface area contributed by atoms with Crippen molar-refractivity contribution in [3.63, 3.8) is 0 Å². The van der Waals surface area contributed by atoms with Gasteiger partial charge in [-0.25, -0.2) is 13.1 Å². The fourth-order valence-corrected chi connectivity index (χ4v) is 2.80. The van der Waals surface area contributed by atoms with Gasteiger partial charge in [-0.05, 0) is 12.1 Å². The summed E-state index contributed by atoms with van der Waals surface area (Å²) < 4.78 is 25.5. The topological polar surface area (TPSA) is 92.4 Å². The Morgan fingerprint density at radius 3 is 2.56 bits per heavy atom. The Bertz CT molecular complexity index is 490. The van der Waals surface area contributed by atoms with Crippen molar-refractivity contribution in [1.29, 1.82) is 0 Å². The van der Waals surface area contributed by atoms with E-state index in [9.17, 15) is 8.42 Å². The molecule has 1 rings (SSSR count). The average molecular weight is 285 g/mol. The van der Waals surface area contributed by atoms with Crippen molar-refractivity contribution in [1.82, 2.24) is 4.72 Å². The fraction of sp³-hybridized carbons (Fsp3) is 0.250. The van der Waals surface area contributed by atoms with Crippen molar-refractivity contribution in [2.24, 2.45) is 0 Å². The molecule has 0 radical (unpaired) electrons. The second kappa shape index (κ2) is 5.20.